The van der Waals surface area contributed by atoms with Crippen LogP contribution in [0.3, 0.4) is 0 Å². The van der Waals surface area contributed by atoms with Crippen molar-refractivity contribution in [1.82, 2.24) is 4.90 Å². The van der Waals surface area contributed by atoms with Gasteiger partial charge in [-0.3, -0.25) is 4.79 Å². The molecule has 1 saturated carbocycles. The highest BCUT2D eigenvalue weighted by atomic mass is 32.1. The second-order valence-electron chi connectivity index (χ2n) is 5.99. The van der Waals surface area contributed by atoms with Crippen molar-refractivity contribution in [3.8, 4) is 0 Å². The molecule has 2 fully saturated rings. The highest BCUT2D eigenvalue weighted by Crippen LogP contribution is 2.47. The summed E-state index contributed by atoms with van der Waals surface area (Å²) in [5.74, 6) is 0.0172. The number of rotatable bonds is 3. The first-order chi connectivity index (χ1) is 9.42. The molecule has 1 amide bonds. The number of hydrogen-bond donors (Lipinski definition) is 1. The van der Waals surface area contributed by atoms with Crippen LogP contribution in [0, 0.1) is 11.3 Å². The van der Waals surface area contributed by atoms with Crippen LogP contribution >= 0.6 is 12.2 Å². The summed E-state index contributed by atoms with van der Waals surface area (Å²) < 4.78 is 4.82. The number of nitrogens with zero attached hydrogens (tertiary/aromatic N) is 1. The molecule has 1 aliphatic carbocycles. The van der Waals surface area contributed by atoms with Crippen molar-refractivity contribution in [2.24, 2.45) is 17.1 Å². The van der Waals surface area contributed by atoms with E-state index in [9.17, 15) is 9.59 Å². The van der Waals surface area contributed by atoms with Gasteiger partial charge in [-0.15, -0.1) is 0 Å². The number of thiocarbonyl (C=S) groups is 1. The van der Waals surface area contributed by atoms with Gasteiger partial charge in [-0.05, 0) is 38.0 Å². The molecular formula is C14H22N2O3S. The lowest BCUT2D eigenvalue weighted by Gasteiger charge is -2.48. The first-order valence-electron chi connectivity index (χ1n) is 7.11. The van der Waals surface area contributed by atoms with Gasteiger partial charge < -0.3 is 15.4 Å². The van der Waals surface area contributed by atoms with Crippen molar-refractivity contribution < 1.29 is 14.3 Å². The van der Waals surface area contributed by atoms with E-state index < -0.39 is 11.5 Å². The van der Waals surface area contributed by atoms with E-state index in [2.05, 4.69) is 6.92 Å². The molecule has 0 aromatic carbocycles. The lowest BCUT2D eigenvalue weighted by atomic mass is 9.61. The Hall–Kier alpha value is -1.17. The number of piperidine rings is 1. The summed E-state index contributed by atoms with van der Waals surface area (Å²) in [5, 5.41) is 0. The van der Waals surface area contributed by atoms with E-state index >= 15 is 0 Å². The van der Waals surface area contributed by atoms with Crippen LogP contribution in [0.5, 0.6) is 0 Å². The molecule has 6 heteroatoms. The smallest absolute Gasteiger partial charge is 0.328 e. The van der Waals surface area contributed by atoms with Crippen LogP contribution in [0.4, 0.5) is 0 Å². The number of hydrogen-bond acceptors (Lipinski definition) is 4. The SMILES string of the molecule is COC(=O)C1CCCCN1C(=O)C1(C(N)=S)CC(C)C1. The van der Waals surface area contributed by atoms with E-state index in [-0.39, 0.29) is 16.9 Å². The summed E-state index contributed by atoms with van der Waals surface area (Å²) in [6, 6.07) is -0.483. The molecule has 1 saturated heterocycles. The zero-order valence-corrected chi connectivity index (χ0v) is 12.9. The van der Waals surface area contributed by atoms with Gasteiger partial charge in [0.2, 0.25) is 5.91 Å². The maximum atomic E-state index is 12.9. The predicted octanol–water partition coefficient (Wildman–Crippen LogP) is 1.24. The number of likely N-dealkylation sites (tertiary alicyclic amines) is 1. The van der Waals surface area contributed by atoms with E-state index in [1.165, 1.54) is 7.11 Å². The molecule has 1 heterocycles. The summed E-state index contributed by atoms with van der Waals surface area (Å²) >= 11 is 5.13. The summed E-state index contributed by atoms with van der Waals surface area (Å²) in [7, 11) is 1.36. The van der Waals surface area contributed by atoms with E-state index in [4.69, 9.17) is 22.7 Å². The summed E-state index contributed by atoms with van der Waals surface area (Å²) in [5.41, 5.74) is 5.09. The van der Waals surface area contributed by atoms with E-state index in [0.29, 0.717) is 31.7 Å². The average molecular weight is 298 g/mol. The van der Waals surface area contributed by atoms with Crippen LogP contribution in [0.15, 0.2) is 0 Å². The number of carbonyl (C=O) groups is 2. The molecule has 0 aromatic heterocycles. The Morgan fingerprint density at radius 3 is 2.50 bits per heavy atom. The first-order valence-corrected chi connectivity index (χ1v) is 7.52. The third-order valence-electron chi connectivity index (χ3n) is 4.51. The molecule has 1 atom stereocenters. The van der Waals surface area contributed by atoms with Gasteiger partial charge >= 0.3 is 5.97 Å². The quantitative estimate of drug-likeness (QED) is 0.627. The zero-order valence-electron chi connectivity index (χ0n) is 12.1. The average Bonchev–Trinajstić information content (AvgIpc) is 2.41. The summed E-state index contributed by atoms with van der Waals surface area (Å²) in [6.07, 6.45) is 3.86. The summed E-state index contributed by atoms with van der Waals surface area (Å²) in [6.45, 7) is 2.66. The van der Waals surface area contributed by atoms with E-state index in [0.717, 1.165) is 12.8 Å². The zero-order chi connectivity index (χ0) is 14.9. The maximum Gasteiger partial charge on any atom is 0.328 e. The highest BCUT2D eigenvalue weighted by Gasteiger charge is 2.54. The van der Waals surface area contributed by atoms with Crippen LogP contribution in [0.25, 0.3) is 0 Å². The molecule has 5 nitrogen and oxygen atoms in total. The third-order valence-corrected chi connectivity index (χ3v) is 4.90. The maximum absolute atomic E-state index is 12.9. The van der Waals surface area contributed by atoms with E-state index in [1.807, 2.05) is 0 Å². The number of amides is 1. The Labute approximate surface area is 124 Å². The topological polar surface area (TPSA) is 72.6 Å². The molecule has 2 rings (SSSR count). The number of ether oxygens (including phenoxy) is 1. The third kappa shape index (κ3) is 2.41. The van der Waals surface area contributed by atoms with Crippen molar-refractivity contribution in [2.75, 3.05) is 13.7 Å². The van der Waals surface area contributed by atoms with Crippen molar-refractivity contribution >= 4 is 29.1 Å². The molecule has 0 bridgehead atoms. The molecule has 0 radical (unpaired) electrons. The Bertz CT molecular complexity index is 432. The number of esters is 1. The molecular weight excluding hydrogens is 276 g/mol. The van der Waals surface area contributed by atoms with E-state index in [1.54, 1.807) is 4.90 Å². The highest BCUT2D eigenvalue weighted by molar-refractivity contribution is 7.80. The molecule has 20 heavy (non-hydrogen) atoms. The van der Waals surface area contributed by atoms with Crippen molar-refractivity contribution in [1.29, 1.82) is 0 Å². The molecule has 2 aliphatic rings. The van der Waals surface area contributed by atoms with Crippen LogP contribution in [0.2, 0.25) is 0 Å². The van der Waals surface area contributed by atoms with Gasteiger partial charge in [0.15, 0.2) is 0 Å². The van der Waals surface area contributed by atoms with Gasteiger partial charge in [0.05, 0.1) is 17.5 Å². The Morgan fingerprint density at radius 1 is 1.35 bits per heavy atom. The Kier molecular flexibility index (Phi) is 4.32. The van der Waals surface area contributed by atoms with Gasteiger partial charge in [-0.1, -0.05) is 19.1 Å². The molecule has 0 aromatic rings. The Morgan fingerprint density at radius 2 is 2.00 bits per heavy atom. The molecule has 0 spiro atoms. The van der Waals surface area contributed by atoms with Gasteiger partial charge in [-0.2, -0.15) is 0 Å². The van der Waals surface area contributed by atoms with Crippen LogP contribution < -0.4 is 5.73 Å². The molecule has 1 unspecified atom stereocenters. The minimum Gasteiger partial charge on any atom is -0.467 e. The second kappa shape index (κ2) is 5.68. The molecule has 1 aliphatic heterocycles. The number of nitrogens with two attached hydrogens (primary N) is 1. The molecule has 112 valence electrons. The minimum absolute atomic E-state index is 0.0850. The van der Waals surface area contributed by atoms with Gasteiger partial charge in [0.1, 0.15) is 6.04 Å². The lowest BCUT2D eigenvalue weighted by molar-refractivity contribution is -0.160. The standard InChI is InChI=1S/C14H22N2O3S/c1-9-7-14(8-9,12(15)20)13(18)16-6-4-3-5-10(16)11(17)19-2/h9-10H,3-8H2,1-2H3,(H2,15,20). The summed E-state index contributed by atoms with van der Waals surface area (Å²) in [4.78, 5) is 26.6. The van der Waals surface area contributed by atoms with Crippen molar-refractivity contribution in [2.45, 2.75) is 45.1 Å². The van der Waals surface area contributed by atoms with Crippen molar-refractivity contribution in [3.05, 3.63) is 0 Å². The lowest BCUT2D eigenvalue weighted by Crippen LogP contribution is -2.61. The van der Waals surface area contributed by atoms with Crippen LogP contribution in [-0.4, -0.2) is 41.5 Å². The second-order valence-corrected chi connectivity index (χ2v) is 6.43. The van der Waals surface area contributed by atoms with Gasteiger partial charge in [-0.25, -0.2) is 4.79 Å². The molecule has 2 N–H and O–H groups in total. The Balaban J connectivity index is 2.21. The van der Waals surface area contributed by atoms with Crippen LogP contribution in [0.1, 0.15) is 39.0 Å². The number of methoxy groups -OCH3 is 1. The monoisotopic (exact) mass is 298 g/mol. The first kappa shape index (κ1) is 15.2. The fourth-order valence-electron chi connectivity index (χ4n) is 3.44. The largest absolute Gasteiger partial charge is 0.467 e. The van der Waals surface area contributed by atoms with Crippen molar-refractivity contribution in [3.63, 3.8) is 0 Å². The van der Waals surface area contributed by atoms with Gasteiger partial charge in [0, 0.05) is 6.54 Å². The fourth-order valence-corrected chi connectivity index (χ4v) is 3.70. The van der Waals surface area contributed by atoms with Gasteiger partial charge in [0.25, 0.3) is 0 Å². The van der Waals surface area contributed by atoms with Crippen LogP contribution in [-0.2, 0) is 14.3 Å². The number of carbonyl (C=O) groups excluding carboxylic acids is 2. The minimum atomic E-state index is -0.738. The normalized spacial score (nSPS) is 33.2. The predicted molar refractivity (Wildman–Crippen MR) is 79.0 cm³/mol. The fraction of sp³-hybridized carbons (Fsp3) is 0.786.